The van der Waals surface area contributed by atoms with Gasteiger partial charge in [0.2, 0.25) is 0 Å². The molecule has 16 heteroatoms. The van der Waals surface area contributed by atoms with E-state index in [2.05, 4.69) is 0 Å². The van der Waals surface area contributed by atoms with Crippen molar-refractivity contribution in [2.45, 2.75) is 0 Å². The van der Waals surface area contributed by atoms with E-state index >= 15 is 0 Å². The molecule has 3 nitrogen and oxygen atoms in total. The average Bonchev–Trinajstić information content (AvgIpc) is 3.67. The summed E-state index contributed by atoms with van der Waals surface area (Å²) in [5.74, 6) is 0.469. The number of fused-ring (bicyclic) bond motifs is 5. The van der Waals surface area contributed by atoms with E-state index in [1.807, 2.05) is 103 Å². The average molecular weight is 778 g/mol. The molecule has 64 heavy (non-hydrogen) atoms. The van der Waals surface area contributed by atoms with Crippen molar-refractivity contribution in [2.75, 3.05) is 0 Å². The van der Waals surface area contributed by atoms with Crippen molar-refractivity contribution in [2.24, 2.45) is 0 Å². The van der Waals surface area contributed by atoms with E-state index in [0.29, 0.717) is 44.7 Å². The van der Waals surface area contributed by atoms with Crippen LogP contribution in [0.3, 0.4) is 0 Å². The molecule has 2 aromatic heterocycles. The zero-order chi connectivity index (χ0) is 45.0. The molecule has 2 heterocycles. The fourth-order valence-electron chi connectivity index (χ4n) is 8.84. The van der Waals surface area contributed by atoms with Crippen LogP contribution in [-0.2, 0) is 0 Å². The van der Waals surface area contributed by atoms with Crippen molar-refractivity contribution in [3.63, 3.8) is 0 Å². The number of nitrogens with zero attached hydrogens (tertiary/aromatic N) is 2. The van der Waals surface area contributed by atoms with E-state index in [-0.39, 0.29) is 104 Å². The van der Waals surface area contributed by atoms with Gasteiger partial charge in [-0.15, -0.1) is 16.4 Å². The first-order chi connectivity index (χ1) is 30.7. The van der Waals surface area contributed by atoms with Gasteiger partial charge in [-0.3, -0.25) is 0 Å². The molecule has 0 unspecified atom stereocenters. The van der Waals surface area contributed by atoms with Gasteiger partial charge in [-0.25, -0.2) is 9.97 Å². The molecule has 0 N–H and O–H groups in total. The Morgan fingerprint density at radius 3 is 1.36 bits per heavy atom. The third kappa shape index (κ3) is 6.22. The van der Waals surface area contributed by atoms with E-state index in [4.69, 9.17) is 116 Å². The Morgan fingerprint density at radius 1 is 0.328 bits per heavy atom. The second kappa shape index (κ2) is 15.6. The largest absolute Gasteiger partial charge is 0.455 e. The molecule has 8 aromatic carbocycles. The van der Waals surface area contributed by atoms with Gasteiger partial charge in [-0.05, 0) is 56.4 Å². The highest BCUT2D eigenvalue weighted by atomic mass is 16.3. The van der Waals surface area contributed by atoms with E-state index in [1.54, 1.807) is 0 Å². The molecule has 26 radical (unpaired) electrons. The van der Waals surface area contributed by atoms with Crippen LogP contribution < -0.4 is 71.0 Å². The van der Waals surface area contributed by atoms with Gasteiger partial charge in [0, 0.05) is 33.0 Å². The van der Waals surface area contributed by atoms with Crippen LogP contribution in [-0.4, -0.2) is 112 Å². The van der Waals surface area contributed by atoms with Crippen molar-refractivity contribution < 1.29 is 4.42 Å². The summed E-state index contributed by atoms with van der Waals surface area (Å²) in [6.45, 7) is 0. The summed E-state index contributed by atoms with van der Waals surface area (Å²) in [4.78, 5) is 10.1. The molecule has 10 rings (SSSR count). The predicted molar refractivity (Wildman–Crippen MR) is 282 cm³/mol. The third-order valence-corrected chi connectivity index (χ3v) is 12.1. The number of rotatable bonds is 5. The van der Waals surface area contributed by atoms with E-state index in [9.17, 15) is 0 Å². The van der Waals surface area contributed by atoms with Crippen LogP contribution in [0.5, 0.6) is 0 Å². The standard InChI is InChI=1S/C48H17B13N2O/c49-34-27(24-17-23(18-9-3-1-4-10-18)62-48(63-24)19-11-5-2-6-12-19)26-22-15-20-13-7-8-14-21(20)16-25(22)64-47(26)33(43(34)58)32-39(54)37(52)30(38(53)40(32)55)28-29-31(41(56)44(59)35(28)50)42(57)46(61)45(60)36(29)51/h1-17H. The summed E-state index contributed by atoms with van der Waals surface area (Å²) in [5.41, 5.74) is 4.81. The number of hydrogen-bond acceptors (Lipinski definition) is 3. The van der Waals surface area contributed by atoms with Gasteiger partial charge >= 0.3 is 0 Å². The van der Waals surface area contributed by atoms with Crippen LogP contribution in [0.4, 0.5) is 0 Å². The van der Waals surface area contributed by atoms with Gasteiger partial charge in [-0.1, -0.05) is 140 Å². The quantitative estimate of drug-likeness (QED) is 0.180. The Balaban J connectivity index is 1.32. The Morgan fingerprint density at radius 2 is 0.766 bits per heavy atom. The number of hydrogen-bond donors (Lipinski definition) is 0. The van der Waals surface area contributed by atoms with Crippen LogP contribution in [0.15, 0.2) is 108 Å². The molecule has 0 saturated carbocycles. The Hall–Kier alpha value is -6.00. The number of furan rings is 1. The topological polar surface area (TPSA) is 38.9 Å². The van der Waals surface area contributed by atoms with Gasteiger partial charge < -0.3 is 4.42 Å². The molecule has 0 spiro atoms. The maximum atomic E-state index is 7.27. The van der Waals surface area contributed by atoms with Crippen LogP contribution in [0.25, 0.3) is 99.6 Å². The Labute approximate surface area is 388 Å². The highest BCUT2D eigenvalue weighted by Crippen LogP contribution is 2.41. The molecule has 0 fully saturated rings. The summed E-state index contributed by atoms with van der Waals surface area (Å²) in [7, 11) is 88.1. The second-order valence-corrected chi connectivity index (χ2v) is 15.7. The lowest BCUT2D eigenvalue weighted by Gasteiger charge is -2.30. The third-order valence-electron chi connectivity index (χ3n) is 12.1. The normalized spacial score (nSPS) is 11.6. The van der Waals surface area contributed by atoms with Crippen LogP contribution in [0.2, 0.25) is 0 Å². The summed E-state index contributed by atoms with van der Waals surface area (Å²) < 4.78 is 6.86. The minimum absolute atomic E-state index is 0.00895. The maximum Gasteiger partial charge on any atom is 0.160 e. The van der Waals surface area contributed by atoms with Crippen LogP contribution in [0.1, 0.15) is 0 Å². The minimum atomic E-state index is -0.0555. The highest BCUT2D eigenvalue weighted by molar-refractivity contribution is 6.73. The van der Waals surface area contributed by atoms with Gasteiger partial charge in [0.25, 0.3) is 0 Å². The zero-order valence-electron chi connectivity index (χ0n) is 34.1. The van der Waals surface area contributed by atoms with E-state index < -0.39 is 0 Å². The fourth-order valence-corrected chi connectivity index (χ4v) is 8.84. The fraction of sp³-hybridized carbons (Fsp3) is 0. The maximum absolute atomic E-state index is 7.27. The van der Waals surface area contributed by atoms with Crippen molar-refractivity contribution in [3.05, 3.63) is 103 Å². The smallest absolute Gasteiger partial charge is 0.160 e. The lowest BCUT2D eigenvalue weighted by atomic mass is 9.56. The molecule has 0 atom stereocenters. The molecular formula is C48H17B13N2O. The first kappa shape index (κ1) is 42.0. The second-order valence-electron chi connectivity index (χ2n) is 15.7. The molecule has 0 bridgehead atoms. The lowest BCUT2D eigenvalue weighted by Crippen LogP contribution is -2.53. The van der Waals surface area contributed by atoms with Gasteiger partial charge in [-0.2, -0.15) is 0 Å². The van der Waals surface area contributed by atoms with Crippen molar-refractivity contribution in [3.8, 4) is 56.2 Å². The molecule has 0 amide bonds. The summed E-state index contributed by atoms with van der Waals surface area (Å²) in [6.07, 6.45) is 0. The number of benzene rings is 8. The molecular weight excluding hydrogens is 761 g/mol. The molecule has 0 saturated heterocycles. The first-order valence-corrected chi connectivity index (χ1v) is 19.9. The van der Waals surface area contributed by atoms with Gasteiger partial charge in [0.05, 0.1) is 11.4 Å². The molecule has 0 aliphatic carbocycles. The highest BCUT2D eigenvalue weighted by Gasteiger charge is 2.28. The van der Waals surface area contributed by atoms with Crippen molar-refractivity contribution in [1.29, 1.82) is 0 Å². The number of aromatic nitrogens is 2. The Kier molecular flexibility index (Phi) is 10.2. The van der Waals surface area contributed by atoms with Gasteiger partial charge in [0.1, 0.15) is 113 Å². The van der Waals surface area contributed by atoms with Gasteiger partial charge in [0.15, 0.2) is 5.82 Å². The van der Waals surface area contributed by atoms with Crippen molar-refractivity contribution in [1.82, 2.24) is 9.97 Å². The van der Waals surface area contributed by atoms with Crippen LogP contribution in [0, 0.1) is 0 Å². The molecule has 0 aliphatic rings. The summed E-state index contributed by atoms with van der Waals surface area (Å²) in [5, 5.41) is 3.58. The van der Waals surface area contributed by atoms with Crippen LogP contribution >= 0.6 is 0 Å². The summed E-state index contributed by atoms with van der Waals surface area (Å²) >= 11 is 0. The monoisotopic (exact) mass is 780 g/mol. The molecule has 264 valence electrons. The predicted octanol–water partition coefficient (Wildman–Crippen LogP) is -2.66. The van der Waals surface area contributed by atoms with E-state index in [0.717, 1.165) is 21.9 Å². The zero-order valence-corrected chi connectivity index (χ0v) is 34.1. The van der Waals surface area contributed by atoms with Crippen molar-refractivity contribution >= 4 is 217 Å². The molecule has 0 aliphatic heterocycles. The van der Waals surface area contributed by atoms with E-state index in [1.165, 1.54) is 0 Å². The summed E-state index contributed by atoms with van der Waals surface area (Å²) in [6, 6.07) is 33.2. The lowest BCUT2D eigenvalue weighted by molar-refractivity contribution is 0.671. The molecule has 10 aromatic rings. The SMILES string of the molecule is [B]c1c([B])c(-c2c([B])c([B])c([B])c3c([B])c([B])c([B])c([B])c23)c([B])c([B])c1-c1c([B])c([B])c(-c2cc(-c3ccccc3)nc(-c3ccccc3)n2)c2c1oc1cc3ccccc3cc12. The minimum Gasteiger partial charge on any atom is -0.455 e. The first-order valence-electron chi connectivity index (χ1n) is 19.9. The Bertz CT molecular complexity index is 3560.